The Morgan fingerprint density at radius 3 is 2.56 bits per heavy atom. The zero-order valence-corrected chi connectivity index (χ0v) is 10.1. The van der Waals surface area contributed by atoms with Gasteiger partial charge in [0.1, 0.15) is 5.01 Å². The molecular weight excluding hydrogens is 218 g/mol. The molecule has 0 saturated carbocycles. The molecule has 1 N–H and O–H groups in total. The van der Waals surface area contributed by atoms with Crippen molar-refractivity contribution in [3.8, 4) is 10.6 Å². The van der Waals surface area contributed by atoms with Gasteiger partial charge in [-0.25, -0.2) is 4.98 Å². The fraction of sp³-hybridized carbons (Fsp3) is 0.308. The number of aliphatic hydroxyl groups is 1. The first kappa shape index (κ1) is 11.3. The number of benzene rings is 1. The fourth-order valence-electron chi connectivity index (χ4n) is 1.61. The lowest BCUT2D eigenvalue weighted by Crippen LogP contribution is -1.85. The van der Waals surface area contributed by atoms with Crippen molar-refractivity contribution < 1.29 is 5.11 Å². The van der Waals surface area contributed by atoms with E-state index in [1.54, 1.807) is 11.3 Å². The van der Waals surface area contributed by atoms with Crippen molar-refractivity contribution >= 4 is 11.3 Å². The maximum Gasteiger partial charge on any atom is 0.123 e. The highest BCUT2D eigenvalue weighted by atomic mass is 32.1. The van der Waals surface area contributed by atoms with Gasteiger partial charge in [0, 0.05) is 10.9 Å². The molecule has 0 unspecified atom stereocenters. The number of aryl methyl sites for hydroxylation is 1. The van der Waals surface area contributed by atoms with Crippen LogP contribution in [0.3, 0.4) is 0 Å². The van der Waals surface area contributed by atoms with Crippen LogP contribution in [0, 0.1) is 0 Å². The summed E-state index contributed by atoms with van der Waals surface area (Å²) in [5.41, 5.74) is 3.24. The molecule has 1 aromatic heterocycles. The summed E-state index contributed by atoms with van der Waals surface area (Å²) in [6, 6.07) is 8.51. The summed E-state index contributed by atoms with van der Waals surface area (Å²) in [7, 11) is 0. The minimum atomic E-state index is 0.0183. The van der Waals surface area contributed by atoms with Crippen LogP contribution in [-0.2, 0) is 13.0 Å². The Hall–Kier alpha value is -1.19. The highest BCUT2D eigenvalue weighted by molar-refractivity contribution is 7.13. The van der Waals surface area contributed by atoms with E-state index >= 15 is 0 Å². The zero-order chi connectivity index (χ0) is 11.4. The second-order valence-electron chi connectivity index (χ2n) is 3.75. The van der Waals surface area contributed by atoms with Crippen molar-refractivity contribution in [3.63, 3.8) is 0 Å². The summed E-state index contributed by atoms with van der Waals surface area (Å²) in [6.45, 7) is 2.20. The van der Waals surface area contributed by atoms with Crippen LogP contribution >= 0.6 is 11.3 Å². The molecule has 16 heavy (non-hydrogen) atoms. The summed E-state index contributed by atoms with van der Waals surface area (Å²) >= 11 is 1.58. The van der Waals surface area contributed by atoms with Crippen molar-refractivity contribution in [2.24, 2.45) is 0 Å². The minimum Gasteiger partial charge on any atom is -0.390 e. The minimum absolute atomic E-state index is 0.0183. The summed E-state index contributed by atoms with van der Waals surface area (Å²) in [4.78, 5) is 4.34. The number of rotatable bonds is 4. The van der Waals surface area contributed by atoms with Crippen LogP contribution in [0.5, 0.6) is 0 Å². The fourth-order valence-corrected chi connectivity index (χ4v) is 2.43. The molecule has 84 valence electrons. The molecule has 0 aliphatic heterocycles. The molecule has 0 spiro atoms. The molecule has 2 aromatic rings. The Labute approximate surface area is 99.6 Å². The van der Waals surface area contributed by atoms with Crippen LogP contribution in [0.25, 0.3) is 10.6 Å². The van der Waals surface area contributed by atoms with Gasteiger partial charge in [-0.05, 0) is 12.0 Å². The summed E-state index contributed by atoms with van der Waals surface area (Å²) in [6.07, 6.45) is 2.30. The third kappa shape index (κ3) is 2.49. The molecule has 0 fully saturated rings. The van der Waals surface area contributed by atoms with Gasteiger partial charge in [0.25, 0.3) is 0 Å². The van der Waals surface area contributed by atoms with Gasteiger partial charge in [0.2, 0.25) is 0 Å². The Kier molecular flexibility index (Phi) is 3.70. The molecule has 1 aromatic carbocycles. The maximum absolute atomic E-state index is 8.96. The average molecular weight is 233 g/mol. The molecule has 3 heteroatoms. The molecule has 0 radical (unpaired) electrons. The van der Waals surface area contributed by atoms with Crippen molar-refractivity contribution in [2.75, 3.05) is 0 Å². The van der Waals surface area contributed by atoms with Gasteiger partial charge in [-0.15, -0.1) is 11.3 Å². The number of aliphatic hydroxyl groups excluding tert-OH is 1. The second-order valence-corrected chi connectivity index (χ2v) is 4.61. The van der Waals surface area contributed by atoms with Gasteiger partial charge in [-0.2, -0.15) is 0 Å². The predicted molar refractivity (Wildman–Crippen MR) is 67.5 cm³/mol. The van der Waals surface area contributed by atoms with Gasteiger partial charge < -0.3 is 5.11 Å². The Morgan fingerprint density at radius 2 is 2.00 bits per heavy atom. The third-order valence-corrected chi connectivity index (χ3v) is 3.39. The van der Waals surface area contributed by atoms with Crippen LogP contribution < -0.4 is 0 Å². The van der Waals surface area contributed by atoms with E-state index in [0.717, 1.165) is 22.7 Å². The van der Waals surface area contributed by atoms with Gasteiger partial charge in [0.05, 0.1) is 12.3 Å². The number of hydrogen-bond donors (Lipinski definition) is 1. The highest BCUT2D eigenvalue weighted by Crippen LogP contribution is 2.24. The van der Waals surface area contributed by atoms with E-state index in [2.05, 4.69) is 36.2 Å². The maximum atomic E-state index is 8.96. The first-order valence-electron chi connectivity index (χ1n) is 5.48. The van der Waals surface area contributed by atoms with Gasteiger partial charge in [-0.1, -0.05) is 37.6 Å². The van der Waals surface area contributed by atoms with Crippen LogP contribution in [0.1, 0.15) is 24.6 Å². The Balaban J connectivity index is 2.20. The molecular formula is C13H15NOS. The SMILES string of the molecule is CCCc1ccc(-c2nc(CO)cs2)cc1. The van der Waals surface area contributed by atoms with E-state index in [0.29, 0.717) is 0 Å². The molecule has 0 atom stereocenters. The molecule has 0 saturated heterocycles. The van der Waals surface area contributed by atoms with Gasteiger partial charge in [-0.3, -0.25) is 0 Å². The Morgan fingerprint density at radius 1 is 1.25 bits per heavy atom. The molecule has 0 aliphatic carbocycles. The average Bonchev–Trinajstić information content (AvgIpc) is 2.79. The van der Waals surface area contributed by atoms with E-state index in [1.165, 1.54) is 12.0 Å². The third-order valence-electron chi connectivity index (χ3n) is 2.45. The summed E-state index contributed by atoms with van der Waals surface area (Å²) in [5.74, 6) is 0. The van der Waals surface area contributed by atoms with Gasteiger partial charge >= 0.3 is 0 Å². The monoisotopic (exact) mass is 233 g/mol. The van der Waals surface area contributed by atoms with Crippen LogP contribution in [0.4, 0.5) is 0 Å². The largest absolute Gasteiger partial charge is 0.390 e. The molecule has 0 bridgehead atoms. The smallest absolute Gasteiger partial charge is 0.123 e. The molecule has 1 heterocycles. The molecule has 2 nitrogen and oxygen atoms in total. The summed E-state index contributed by atoms with van der Waals surface area (Å²) in [5, 5.41) is 11.8. The second kappa shape index (κ2) is 5.23. The van der Waals surface area contributed by atoms with E-state index < -0.39 is 0 Å². The Bertz CT molecular complexity index is 447. The normalized spacial score (nSPS) is 10.6. The van der Waals surface area contributed by atoms with E-state index in [-0.39, 0.29) is 6.61 Å². The van der Waals surface area contributed by atoms with Crippen LogP contribution in [0.15, 0.2) is 29.6 Å². The number of aromatic nitrogens is 1. The van der Waals surface area contributed by atoms with E-state index in [9.17, 15) is 0 Å². The van der Waals surface area contributed by atoms with E-state index in [1.807, 2.05) is 5.38 Å². The lowest BCUT2D eigenvalue weighted by Gasteiger charge is -2.00. The molecule has 2 rings (SSSR count). The van der Waals surface area contributed by atoms with Crippen molar-refractivity contribution in [1.29, 1.82) is 0 Å². The first-order valence-corrected chi connectivity index (χ1v) is 6.36. The van der Waals surface area contributed by atoms with Crippen LogP contribution in [0.2, 0.25) is 0 Å². The molecule has 0 aliphatic rings. The number of nitrogens with zero attached hydrogens (tertiary/aromatic N) is 1. The number of thiazole rings is 1. The standard InChI is InChI=1S/C13H15NOS/c1-2-3-10-4-6-11(7-5-10)13-14-12(8-15)9-16-13/h4-7,9,15H,2-3,8H2,1H3. The lowest BCUT2D eigenvalue weighted by molar-refractivity contribution is 0.278. The van der Waals surface area contributed by atoms with Crippen LogP contribution in [-0.4, -0.2) is 10.1 Å². The summed E-state index contributed by atoms with van der Waals surface area (Å²) < 4.78 is 0. The predicted octanol–water partition coefficient (Wildman–Crippen LogP) is 3.25. The number of hydrogen-bond acceptors (Lipinski definition) is 3. The lowest BCUT2D eigenvalue weighted by atomic mass is 10.1. The van der Waals surface area contributed by atoms with Crippen molar-refractivity contribution in [1.82, 2.24) is 4.98 Å². The topological polar surface area (TPSA) is 33.1 Å². The first-order chi connectivity index (χ1) is 7.83. The van der Waals surface area contributed by atoms with Crippen molar-refractivity contribution in [2.45, 2.75) is 26.4 Å². The molecule has 0 amide bonds. The van der Waals surface area contributed by atoms with E-state index in [4.69, 9.17) is 5.11 Å². The quantitative estimate of drug-likeness (QED) is 0.879. The highest BCUT2D eigenvalue weighted by Gasteiger charge is 2.03. The van der Waals surface area contributed by atoms with Gasteiger partial charge in [0.15, 0.2) is 0 Å². The zero-order valence-electron chi connectivity index (χ0n) is 9.31. The van der Waals surface area contributed by atoms with Crippen molar-refractivity contribution in [3.05, 3.63) is 40.9 Å².